The largest absolute Gasteiger partial charge is 0.354 e. The normalized spacial score (nSPS) is 10.2. The molecule has 0 aliphatic heterocycles. The number of pyridine rings is 1. The molecule has 0 spiro atoms. The molecule has 18 heavy (non-hydrogen) atoms. The van der Waals surface area contributed by atoms with Crippen molar-refractivity contribution in [1.82, 2.24) is 19.9 Å². The van der Waals surface area contributed by atoms with Gasteiger partial charge in [0.05, 0.1) is 0 Å². The van der Waals surface area contributed by atoms with E-state index >= 15 is 0 Å². The summed E-state index contributed by atoms with van der Waals surface area (Å²) in [6.45, 7) is 2.78. The molecule has 0 unspecified atom stereocenters. The maximum atomic E-state index is 4.42. The van der Waals surface area contributed by atoms with Gasteiger partial charge in [0, 0.05) is 38.6 Å². The van der Waals surface area contributed by atoms with E-state index in [0.29, 0.717) is 17.7 Å². The molecule has 2 aromatic rings. The lowest BCUT2D eigenvalue weighted by Crippen LogP contribution is -2.15. The first-order chi connectivity index (χ1) is 8.70. The number of nitrogens with one attached hydrogen (secondary N) is 1. The maximum absolute atomic E-state index is 4.42. The fourth-order valence-electron chi connectivity index (χ4n) is 1.43. The number of rotatable bonds is 4. The van der Waals surface area contributed by atoms with E-state index in [9.17, 15) is 0 Å². The molecule has 6 heteroatoms. The summed E-state index contributed by atoms with van der Waals surface area (Å²) in [6, 6.07) is 3.76. The molecule has 0 saturated heterocycles. The lowest BCUT2D eigenvalue weighted by Gasteiger charge is -2.13. The van der Waals surface area contributed by atoms with Crippen LogP contribution in [-0.4, -0.2) is 40.6 Å². The standard InChI is InChI=1S/C12H16N6/c1-4-14-11-15-10(9-5-7-13-8-6-9)16-12(17-11)18(2)3/h5-8H,4H2,1-3H3,(H,14,15,16,17). The van der Waals surface area contributed by atoms with Gasteiger partial charge in [-0.15, -0.1) is 0 Å². The Morgan fingerprint density at radius 1 is 1.11 bits per heavy atom. The lowest BCUT2D eigenvalue weighted by atomic mass is 10.2. The second-order valence-corrected chi connectivity index (χ2v) is 3.94. The van der Waals surface area contributed by atoms with E-state index in [1.54, 1.807) is 12.4 Å². The van der Waals surface area contributed by atoms with Crippen LogP contribution in [0.25, 0.3) is 11.4 Å². The first kappa shape index (κ1) is 12.2. The van der Waals surface area contributed by atoms with Crippen LogP contribution in [0.5, 0.6) is 0 Å². The van der Waals surface area contributed by atoms with Crippen molar-refractivity contribution in [3.63, 3.8) is 0 Å². The maximum Gasteiger partial charge on any atom is 0.230 e. The summed E-state index contributed by atoms with van der Waals surface area (Å²) in [7, 11) is 3.81. The lowest BCUT2D eigenvalue weighted by molar-refractivity contribution is 0.953. The summed E-state index contributed by atoms with van der Waals surface area (Å²) in [5, 5.41) is 3.11. The molecule has 94 valence electrons. The average Bonchev–Trinajstić information content (AvgIpc) is 2.40. The smallest absolute Gasteiger partial charge is 0.230 e. The van der Waals surface area contributed by atoms with Crippen molar-refractivity contribution in [2.75, 3.05) is 30.9 Å². The monoisotopic (exact) mass is 244 g/mol. The third-order valence-corrected chi connectivity index (χ3v) is 2.30. The van der Waals surface area contributed by atoms with Crippen LogP contribution < -0.4 is 10.2 Å². The Morgan fingerprint density at radius 3 is 2.44 bits per heavy atom. The van der Waals surface area contributed by atoms with Crippen LogP contribution in [0.2, 0.25) is 0 Å². The van der Waals surface area contributed by atoms with Crippen molar-refractivity contribution in [3.8, 4) is 11.4 Å². The molecular weight excluding hydrogens is 228 g/mol. The molecule has 2 rings (SSSR count). The van der Waals surface area contributed by atoms with Gasteiger partial charge in [0.15, 0.2) is 5.82 Å². The van der Waals surface area contributed by atoms with Crippen molar-refractivity contribution in [1.29, 1.82) is 0 Å². The van der Waals surface area contributed by atoms with Gasteiger partial charge in [-0.2, -0.15) is 15.0 Å². The minimum atomic E-state index is 0.586. The van der Waals surface area contributed by atoms with E-state index in [0.717, 1.165) is 12.1 Å². The van der Waals surface area contributed by atoms with Crippen LogP contribution in [0.4, 0.5) is 11.9 Å². The minimum absolute atomic E-state index is 0.586. The van der Waals surface area contributed by atoms with Crippen molar-refractivity contribution >= 4 is 11.9 Å². The third-order valence-electron chi connectivity index (χ3n) is 2.30. The Labute approximate surface area is 106 Å². The van der Waals surface area contributed by atoms with E-state index in [1.807, 2.05) is 38.1 Å². The molecular formula is C12H16N6. The fourth-order valence-corrected chi connectivity index (χ4v) is 1.43. The molecule has 2 aromatic heterocycles. The van der Waals surface area contributed by atoms with Gasteiger partial charge >= 0.3 is 0 Å². The van der Waals surface area contributed by atoms with E-state index < -0.39 is 0 Å². The van der Waals surface area contributed by atoms with Crippen LogP contribution in [0, 0.1) is 0 Å². The Kier molecular flexibility index (Phi) is 3.66. The summed E-state index contributed by atoms with van der Waals surface area (Å²) < 4.78 is 0. The number of aromatic nitrogens is 4. The number of hydrogen-bond donors (Lipinski definition) is 1. The third kappa shape index (κ3) is 2.71. The van der Waals surface area contributed by atoms with Crippen molar-refractivity contribution < 1.29 is 0 Å². The summed E-state index contributed by atoms with van der Waals surface area (Å²) >= 11 is 0. The van der Waals surface area contributed by atoms with Gasteiger partial charge in [-0.25, -0.2) is 0 Å². The molecule has 0 fully saturated rings. The number of anilines is 2. The summed E-state index contributed by atoms with van der Waals surface area (Å²) in [4.78, 5) is 19.0. The highest BCUT2D eigenvalue weighted by atomic mass is 15.3. The van der Waals surface area contributed by atoms with Crippen molar-refractivity contribution in [2.45, 2.75) is 6.92 Å². The predicted octanol–water partition coefficient (Wildman–Crippen LogP) is 1.43. The molecule has 0 amide bonds. The Morgan fingerprint density at radius 2 is 1.83 bits per heavy atom. The summed E-state index contributed by atoms with van der Waals surface area (Å²) in [6.07, 6.45) is 3.45. The first-order valence-electron chi connectivity index (χ1n) is 5.78. The molecule has 0 radical (unpaired) electrons. The minimum Gasteiger partial charge on any atom is -0.354 e. The van der Waals surface area contributed by atoms with Crippen LogP contribution in [0.3, 0.4) is 0 Å². The summed E-state index contributed by atoms with van der Waals surface area (Å²) in [5.74, 6) is 1.86. The highest BCUT2D eigenvalue weighted by Gasteiger charge is 2.09. The van der Waals surface area contributed by atoms with Crippen molar-refractivity contribution in [3.05, 3.63) is 24.5 Å². The molecule has 6 nitrogen and oxygen atoms in total. The summed E-state index contributed by atoms with van der Waals surface area (Å²) in [5.41, 5.74) is 0.926. The zero-order valence-corrected chi connectivity index (χ0v) is 10.8. The zero-order valence-electron chi connectivity index (χ0n) is 10.8. The van der Waals surface area contributed by atoms with Gasteiger partial charge < -0.3 is 10.2 Å². The van der Waals surface area contributed by atoms with Crippen LogP contribution in [-0.2, 0) is 0 Å². The van der Waals surface area contributed by atoms with E-state index in [-0.39, 0.29) is 0 Å². The molecule has 2 heterocycles. The first-order valence-corrected chi connectivity index (χ1v) is 5.78. The molecule has 0 aliphatic rings. The van der Waals surface area contributed by atoms with E-state index in [1.165, 1.54) is 0 Å². The highest BCUT2D eigenvalue weighted by molar-refractivity contribution is 5.57. The molecule has 1 N–H and O–H groups in total. The molecule has 0 atom stereocenters. The van der Waals surface area contributed by atoms with Gasteiger partial charge in [-0.3, -0.25) is 4.98 Å². The predicted molar refractivity (Wildman–Crippen MR) is 71.5 cm³/mol. The highest BCUT2D eigenvalue weighted by Crippen LogP contribution is 2.17. The second kappa shape index (κ2) is 5.39. The second-order valence-electron chi connectivity index (χ2n) is 3.94. The van der Waals surface area contributed by atoms with E-state index in [2.05, 4.69) is 25.3 Å². The number of hydrogen-bond acceptors (Lipinski definition) is 6. The molecule has 0 saturated carbocycles. The van der Waals surface area contributed by atoms with Gasteiger partial charge in [0.2, 0.25) is 11.9 Å². The molecule has 0 bridgehead atoms. The van der Waals surface area contributed by atoms with Gasteiger partial charge in [-0.05, 0) is 19.1 Å². The number of nitrogens with zero attached hydrogens (tertiary/aromatic N) is 5. The van der Waals surface area contributed by atoms with E-state index in [4.69, 9.17) is 0 Å². The zero-order chi connectivity index (χ0) is 13.0. The Hall–Kier alpha value is -2.24. The topological polar surface area (TPSA) is 66.8 Å². The van der Waals surface area contributed by atoms with Gasteiger partial charge in [-0.1, -0.05) is 0 Å². The van der Waals surface area contributed by atoms with Crippen LogP contribution >= 0.6 is 0 Å². The SMILES string of the molecule is CCNc1nc(-c2ccncc2)nc(N(C)C)n1. The van der Waals surface area contributed by atoms with Crippen molar-refractivity contribution in [2.24, 2.45) is 0 Å². The van der Waals surface area contributed by atoms with Gasteiger partial charge in [0.25, 0.3) is 0 Å². The van der Waals surface area contributed by atoms with Crippen LogP contribution in [0.1, 0.15) is 6.92 Å². The Balaban J connectivity index is 2.46. The molecule has 0 aromatic carbocycles. The molecule has 0 aliphatic carbocycles. The quantitative estimate of drug-likeness (QED) is 0.877. The average molecular weight is 244 g/mol. The fraction of sp³-hybridized carbons (Fsp3) is 0.333. The van der Waals surface area contributed by atoms with Gasteiger partial charge in [0.1, 0.15) is 0 Å². The Bertz CT molecular complexity index is 511. The van der Waals surface area contributed by atoms with Crippen LogP contribution in [0.15, 0.2) is 24.5 Å².